The Balaban J connectivity index is 0. The fraction of sp³-hybridized carbons (Fsp3) is 0. The molecular weight excluding hydrogens is 137 g/mol. The number of hydrogen-bond acceptors (Lipinski definition) is 3. The molecule has 0 saturated carbocycles. The summed E-state index contributed by atoms with van der Waals surface area (Å²) >= 11 is 3.64. The van der Waals surface area contributed by atoms with Gasteiger partial charge in [0, 0.05) is 0 Å². The molecule has 0 aliphatic rings. The van der Waals surface area contributed by atoms with Crippen LogP contribution in [0.5, 0.6) is 0 Å². The number of H-pyrrole nitrogens is 1. The molecule has 0 aliphatic carbocycles. The third-order valence-electron chi connectivity index (χ3n) is 0.536. The van der Waals surface area contributed by atoms with Crippen molar-refractivity contribution in [2.75, 3.05) is 0 Å². The molecule has 1 N–H and O–H groups in total. The van der Waals surface area contributed by atoms with Gasteiger partial charge in [-0.25, -0.2) is 5.21 Å². The summed E-state index contributed by atoms with van der Waals surface area (Å²) < 4.78 is 0.986. The van der Waals surface area contributed by atoms with Crippen molar-refractivity contribution in [1.82, 2.24) is 14.4 Å². The first-order chi connectivity index (χ1) is 3.30. The van der Waals surface area contributed by atoms with Crippen LogP contribution in [-0.2, 0) is 0 Å². The second-order valence-electron chi connectivity index (χ2n) is 1.01. The van der Waals surface area contributed by atoms with Gasteiger partial charge >= 0.3 is 29.6 Å². The van der Waals surface area contributed by atoms with Gasteiger partial charge in [0.05, 0.1) is 0 Å². The molecule has 6 heteroatoms. The van der Waals surface area contributed by atoms with Gasteiger partial charge in [-0.3, -0.25) is 4.79 Å². The van der Waals surface area contributed by atoms with Gasteiger partial charge in [-0.1, -0.05) is 0 Å². The van der Waals surface area contributed by atoms with E-state index in [-0.39, 0.29) is 36.5 Å². The Morgan fingerprint density at radius 2 is 2.62 bits per heavy atom. The maximum absolute atomic E-state index is 10.2. The van der Waals surface area contributed by atoms with Crippen LogP contribution in [0.1, 0.15) is 1.43 Å². The zero-order chi connectivity index (χ0) is 5.28. The van der Waals surface area contributed by atoms with E-state index in [0.29, 0.717) is 0 Å². The normalized spacial score (nSPS) is 8.12. The summed E-state index contributed by atoms with van der Waals surface area (Å²) in [6.45, 7) is 0. The third-order valence-corrected chi connectivity index (χ3v) is 0.823. The van der Waals surface area contributed by atoms with E-state index in [9.17, 15) is 4.79 Å². The molecule has 8 heavy (non-hydrogen) atoms. The van der Waals surface area contributed by atoms with Gasteiger partial charge in [-0.2, -0.15) is 9.19 Å². The van der Waals surface area contributed by atoms with Crippen LogP contribution in [0.3, 0.4) is 0 Å². The minimum Gasteiger partial charge on any atom is -1.00 e. The Bertz CT molecular complexity index is 210. The monoisotopic (exact) mass is 141 g/mol. The van der Waals surface area contributed by atoms with Gasteiger partial charge in [-0.05, 0) is 12.8 Å². The van der Waals surface area contributed by atoms with Crippen molar-refractivity contribution < 1.29 is 31.0 Å². The summed E-state index contributed by atoms with van der Waals surface area (Å²) in [6.07, 6.45) is 1.15. The van der Waals surface area contributed by atoms with Gasteiger partial charge in [0.25, 0.3) is 5.56 Å². The van der Waals surface area contributed by atoms with Crippen LogP contribution in [0.2, 0.25) is 0 Å². The molecule has 0 unspecified atom stereocenters. The van der Waals surface area contributed by atoms with E-state index in [2.05, 4.69) is 23.1 Å². The van der Waals surface area contributed by atoms with Crippen LogP contribution in [0.15, 0.2) is 11.0 Å². The Morgan fingerprint density at radius 3 is 2.75 bits per heavy atom. The van der Waals surface area contributed by atoms with E-state index in [1.54, 1.807) is 0 Å². The topological polar surface area (TPSA) is 50.7 Å². The largest absolute Gasteiger partial charge is 1.00 e. The van der Waals surface area contributed by atoms with Crippen molar-refractivity contribution in [3.8, 4) is 0 Å². The molecule has 0 radical (unpaired) electrons. The minimum atomic E-state index is -0.247. The fourth-order valence-corrected chi connectivity index (χ4v) is 0.346. The zero-order valence-electron chi connectivity index (χ0n) is 5.33. The third kappa shape index (κ3) is 1.66. The summed E-state index contributed by atoms with van der Waals surface area (Å²) in [7, 11) is 0. The van der Waals surface area contributed by atoms with E-state index in [4.69, 9.17) is 0 Å². The smallest absolute Gasteiger partial charge is 1.00 e. The summed E-state index contributed by atoms with van der Waals surface area (Å²) in [4.78, 5) is 10.2. The van der Waals surface area contributed by atoms with Crippen LogP contribution in [0.4, 0.5) is 0 Å². The number of aromatic nitrogens is 3. The number of aromatic amines is 1. The average molecular weight is 141 g/mol. The number of nitrogens with one attached hydrogen (secondary N) is 1. The van der Waals surface area contributed by atoms with Crippen LogP contribution in [0.25, 0.3) is 0 Å². The van der Waals surface area contributed by atoms with Crippen LogP contribution >= 0.6 is 12.8 Å². The first-order valence-electron chi connectivity index (χ1n) is 1.62. The van der Waals surface area contributed by atoms with E-state index in [0.717, 1.165) is 10.3 Å². The molecule has 1 aromatic rings. The van der Waals surface area contributed by atoms with Crippen molar-refractivity contribution in [2.24, 2.45) is 0 Å². The molecule has 40 valence electrons. The number of hydrogen-bond donors (Lipinski definition) is 2. The first kappa shape index (κ1) is 8.29. The second kappa shape index (κ2) is 3.34. The van der Waals surface area contributed by atoms with Crippen molar-refractivity contribution in [1.29, 1.82) is 0 Å². The molecule has 4 nitrogen and oxygen atoms in total. The SMILES string of the molecule is O=c1cn[nH]n1S.[H-].[Na+]. The molecule has 1 aromatic heterocycles. The van der Waals surface area contributed by atoms with Gasteiger partial charge in [0.15, 0.2) is 0 Å². The average Bonchev–Trinajstić information content (AvgIpc) is 1.91. The van der Waals surface area contributed by atoms with E-state index >= 15 is 0 Å². The van der Waals surface area contributed by atoms with Gasteiger partial charge in [0.2, 0.25) is 0 Å². The Kier molecular flexibility index (Phi) is 3.46. The zero-order valence-corrected chi connectivity index (χ0v) is 7.22. The number of thiol groups is 1. The van der Waals surface area contributed by atoms with Crippen LogP contribution in [0, 0.1) is 0 Å². The number of nitrogens with zero attached hydrogens (tertiary/aromatic N) is 2. The Morgan fingerprint density at radius 1 is 2.00 bits per heavy atom. The molecule has 0 amide bonds. The van der Waals surface area contributed by atoms with Gasteiger partial charge in [-0.15, -0.1) is 0 Å². The molecule has 0 aromatic carbocycles. The predicted molar refractivity (Wildman–Crippen MR) is 28.3 cm³/mol. The van der Waals surface area contributed by atoms with E-state index < -0.39 is 0 Å². The maximum Gasteiger partial charge on any atom is 1.00 e. The fourth-order valence-electron chi connectivity index (χ4n) is 0.243. The summed E-state index contributed by atoms with van der Waals surface area (Å²) in [5.41, 5.74) is -0.247. The van der Waals surface area contributed by atoms with Crippen molar-refractivity contribution in [3.63, 3.8) is 0 Å². The van der Waals surface area contributed by atoms with Crippen molar-refractivity contribution >= 4 is 12.8 Å². The first-order valence-corrected chi connectivity index (χ1v) is 2.02. The minimum absolute atomic E-state index is 0. The molecule has 0 atom stereocenters. The molecule has 1 rings (SSSR count). The van der Waals surface area contributed by atoms with E-state index in [1.165, 1.54) is 0 Å². The Labute approximate surface area is 74.6 Å². The van der Waals surface area contributed by atoms with Gasteiger partial charge in [0.1, 0.15) is 6.20 Å². The molecule has 0 fully saturated rings. The summed E-state index contributed by atoms with van der Waals surface area (Å²) in [5.74, 6) is 0. The second-order valence-corrected chi connectivity index (χ2v) is 1.41. The quantitative estimate of drug-likeness (QED) is 0.289. The van der Waals surface area contributed by atoms with Crippen molar-refractivity contribution in [2.45, 2.75) is 0 Å². The Hall–Kier alpha value is 0.290. The maximum atomic E-state index is 10.2. The van der Waals surface area contributed by atoms with Gasteiger partial charge < -0.3 is 1.43 Å². The summed E-state index contributed by atoms with van der Waals surface area (Å²) in [6, 6.07) is 0. The van der Waals surface area contributed by atoms with Crippen molar-refractivity contribution in [3.05, 3.63) is 16.6 Å². The molecule has 0 aliphatic heterocycles. The van der Waals surface area contributed by atoms with Crippen LogP contribution in [-0.4, -0.2) is 14.4 Å². The predicted octanol–water partition coefficient (Wildman–Crippen LogP) is -3.62. The molecule has 1 heterocycles. The standard InChI is InChI=1S/C2H3N3OS.Na.H/c6-2-1-3-4-5(2)7;;/h1,4,7H;;/q;+1;-1. The molecular formula is C2H4N3NaOS. The van der Waals surface area contributed by atoms with E-state index in [1.807, 2.05) is 0 Å². The molecule has 0 bridgehead atoms. The molecule has 0 saturated heterocycles. The van der Waals surface area contributed by atoms with Crippen LogP contribution < -0.4 is 35.1 Å². The summed E-state index contributed by atoms with van der Waals surface area (Å²) in [5, 5.41) is 5.66. The molecule has 0 spiro atoms. The number of rotatable bonds is 0.